The molecule has 7 nitrogen and oxygen atoms in total. The van der Waals surface area contributed by atoms with Crippen molar-refractivity contribution in [2.45, 2.75) is 57.9 Å². The number of aliphatic hydroxyl groups excluding tert-OH is 1. The van der Waals surface area contributed by atoms with Gasteiger partial charge in [-0.15, -0.1) is 0 Å². The summed E-state index contributed by atoms with van der Waals surface area (Å²) in [6, 6.07) is 4.38. The van der Waals surface area contributed by atoms with Crippen molar-refractivity contribution in [2.75, 3.05) is 23.4 Å². The second kappa shape index (κ2) is 6.57. The van der Waals surface area contributed by atoms with Crippen molar-refractivity contribution in [3.05, 3.63) is 17.8 Å². The van der Waals surface area contributed by atoms with E-state index in [1.54, 1.807) is 20.8 Å². The number of morpholine rings is 1. The maximum absolute atomic E-state index is 12.0. The third-order valence-corrected chi connectivity index (χ3v) is 4.19. The van der Waals surface area contributed by atoms with Gasteiger partial charge in [0.05, 0.1) is 37.6 Å². The number of rotatable bonds is 3. The quantitative estimate of drug-likeness (QED) is 0.882. The third-order valence-electron chi connectivity index (χ3n) is 4.19. The van der Waals surface area contributed by atoms with Crippen LogP contribution in [0.2, 0.25) is 0 Å². The molecule has 2 atom stereocenters. The topological polar surface area (TPSA) is 83.9 Å². The molecule has 132 valence electrons. The van der Waals surface area contributed by atoms with Gasteiger partial charge in [0.15, 0.2) is 0 Å². The van der Waals surface area contributed by atoms with Crippen LogP contribution in [0.4, 0.5) is 16.3 Å². The van der Waals surface area contributed by atoms with Crippen LogP contribution in [0.3, 0.4) is 0 Å². The highest BCUT2D eigenvalue weighted by Crippen LogP contribution is 2.35. The van der Waals surface area contributed by atoms with Crippen molar-refractivity contribution < 1.29 is 19.4 Å². The van der Waals surface area contributed by atoms with Crippen LogP contribution >= 0.6 is 0 Å². The molecule has 24 heavy (non-hydrogen) atoms. The summed E-state index contributed by atoms with van der Waals surface area (Å²) < 4.78 is 10.9. The van der Waals surface area contributed by atoms with Gasteiger partial charge in [0, 0.05) is 11.8 Å². The Morgan fingerprint density at radius 2 is 2.04 bits per heavy atom. The SMILES string of the molecule is CC(C)(C)OC(=O)Nc1cc(N2C3CCC2COC3)cc(CO)n1. The Bertz CT molecular complexity index is 598. The van der Waals surface area contributed by atoms with Crippen LogP contribution in [-0.2, 0) is 16.1 Å². The molecular formula is C17H25N3O4. The van der Waals surface area contributed by atoms with Crippen LogP contribution in [0.1, 0.15) is 39.3 Å². The zero-order valence-electron chi connectivity index (χ0n) is 14.4. The van der Waals surface area contributed by atoms with Crippen LogP contribution in [0, 0.1) is 0 Å². The molecule has 0 spiro atoms. The number of carbonyl (C=O) groups excluding carboxylic acids is 1. The Hall–Kier alpha value is -1.86. The van der Waals surface area contributed by atoms with Crippen molar-refractivity contribution in [1.29, 1.82) is 0 Å². The van der Waals surface area contributed by atoms with Gasteiger partial charge in [0.25, 0.3) is 0 Å². The molecule has 0 radical (unpaired) electrons. The highest BCUT2D eigenvalue weighted by molar-refractivity contribution is 5.84. The average Bonchev–Trinajstić information content (AvgIpc) is 2.74. The summed E-state index contributed by atoms with van der Waals surface area (Å²) in [5, 5.41) is 12.2. The number of carbonyl (C=O) groups is 1. The van der Waals surface area contributed by atoms with E-state index < -0.39 is 11.7 Å². The number of hydrogen-bond donors (Lipinski definition) is 2. The first-order chi connectivity index (χ1) is 11.4. The second-order valence-corrected chi connectivity index (χ2v) is 7.32. The molecule has 0 aliphatic carbocycles. The Labute approximate surface area is 142 Å². The molecule has 2 fully saturated rings. The van der Waals surface area contributed by atoms with Crippen LogP contribution in [0.25, 0.3) is 0 Å². The number of hydrogen-bond acceptors (Lipinski definition) is 6. The van der Waals surface area contributed by atoms with Crippen molar-refractivity contribution in [3.63, 3.8) is 0 Å². The van der Waals surface area contributed by atoms with E-state index in [9.17, 15) is 9.90 Å². The number of aliphatic hydroxyl groups is 1. The highest BCUT2D eigenvalue weighted by atomic mass is 16.6. The van der Waals surface area contributed by atoms with E-state index in [0.717, 1.165) is 18.5 Å². The van der Waals surface area contributed by atoms with E-state index in [4.69, 9.17) is 9.47 Å². The van der Waals surface area contributed by atoms with Gasteiger partial charge in [-0.2, -0.15) is 0 Å². The zero-order valence-corrected chi connectivity index (χ0v) is 14.4. The maximum atomic E-state index is 12.0. The minimum Gasteiger partial charge on any atom is -0.444 e. The van der Waals surface area contributed by atoms with E-state index in [-0.39, 0.29) is 6.61 Å². The van der Waals surface area contributed by atoms with Gasteiger partial charge in [-0.25, -0.2) is 9.78 Å². The lowest BCUT2D eigenvalue weighted by atomic mass is 10.2. The molecule has 2 bridgehead atoms. The van der Waals surface area contributed by atoms with E-state index in [2.05, 4.69) is 15.2 Å². The van der Waals surface area contributed by atoms with E-state index in [0.29, 0.717) is 36.8 Å². The van der Waals surface area contributed by atoms with Gasteiger partial charge in [-0.05, 0) is 39.7 Å². The van der Waals surface area contributed by atoms with Crippen molar-refractivity contribution in [1.82, 2.24) is 4.98 Å². The lowest BCUT2D eigenvalue weighted by Gasteiger charge is -2.36. The predicted molar refractivity (Wildman–Crippen MR) is 90.1 cm³/mol. The summed E-state index contributed by atoms with van der Waals surface area (Å²) in [6.45, 7) is 6.66. The minimum absolute atomic E-state index is 0.184. The standard InChI is InChI=1S/C17H25N3O4/c1-17(2,3)24-16(22)19-15-7-14(6-11(8-21)18-15)20-12-4-5-13(20)10-23-9-12/h6-7,12-13,21H,4-5,8-10H2,1-3H3,(H,18,19,22). The molecule has 1 amide bonds. The van der Waals surface area contributed by atoms with Crippen molar-refractivity contribution >= 4 is 17.6 Å². The van der Waals surface area contributed by atoms with Gasteiger partial charge in [0.2, 0.25) is 0 Å². The molecule has 1 aromatic heterocycles. The average molecular weight is 335 g/mol. The molecule has 2 aliphatic rings. The Kier molecular flexibility index (Phi) is 4.64. The Balaban J connectivity index is 1.82. The van der Waals surface area contributed by atoms with E-state index in [1.807, 2.05) is 12.1 Å². The third kappa shape index (κ3) is 3.79. The van der Waals surface area contributed by atoms with E-state index >= 15 is 0 Å². The summed E-state index contributed by atoms with van der Waals surface area (Å²) in [7, 11) is 0. The monoisotopic (exact) mass is 335 g/mol. The van der Waals surface area contributed by atoms with Crippen LogP contribution < -0.4 is 10.2 Å². The number of anilines is 2. The fourth-order valence-electron chi connectivity index (χ4n) is 3.32. The van der Waals surface area contributed by atoms with Crippen molar-refractivity contribution in [3.8, 4) is 0 Å². The Morgan fingerprint density at radius 1 is 1.38 bits per heavy atom. The van der Waals surface area contributed by atoms with Gasteiger partial charge >= 0.3 is 6.09 Å². The molecule has 2 aliphatic heterocycles. The largest absolute Gasteiger partial charge is 0.444 e. The van der Waals surface area contributed by atoms with E-state index in [1.165, 1.54) is 0 Å². The maximum Gasteiger partial charge on any atom is 0.413 e. The minimum atomic E-state index is -0.579. The summed E-state index contributed by atoms with van der Waals surface area (Å²) in [5.41, 5.74) is 0.894. The van der Waals surface area contributed by atoms with Gasteiger partial charge in [0.1, 0.15) is 11.4 Å². The van der Waals surface area contributed by atoms with Gasteiger partial charge in [-0.1, -0.05) is 0 Å². The molecule has 1 aromatic rings. The number of nitrogens with one attached hydrogen (secondary N) is 1. The molecule has 2 N–H and O–H groups in total. The van der Waals surface area contributed by atoms with Crippen LogP contribution in [0.15, 0.2) is 12.1 Å². The zero-order chi connectivity index (χ0) is 17.3. The smallest absolute Gasteiger partial charge is 0.413 e. The molecule has 0 saturated carbocycles. The fraction of sp³-hybridized carbons (Fsp3) is 0.647. The summed E-state index contributed by atoms with van der Waals surface area (Å²) >= 11 is 0. The number of aromatic nitrogens is 1. The molecule has 3 rings (SSSR count). The number of fused-ring (bicyclic) bond motifs is 2. The molecule has 7 heteroatoms. The lowest BCUT2D eigenvalue weighted by molar-refractivity contribution is 0.0635. The first kappa shape index (κ1) is 17.0. The molecule has 2 saturated heterocycles. The first-order valence-electron chi connectivity index (χ1n) is 8.33. The number of nitrogens with zero attached hydrogens (tertiary/aromatic N) is 2. The van der Waals surface area contributed by atoms with Gasteiger partial charge < -0.3 is 19.5 Å². The fourth-order valence-corrected chi connectivity index (χ4v) is 3.32. The highest BCUT2D eigenvalue weighted by Gasteiger charge is 2.37. The molecule has 2 unspecified atom stereocenters. The normalized spacial score (nSPS) is 23.2. The Morgan fingerprint density at radius 3 is 2.62 bits per heavy atom. The van der Waals surface area contributed by atoms with Gasteiger partial charge in [-0.3, -0.25) is 5.32 Å². The number of ether oxygens (including phenoxy) is 2. The molecular weight excluding hydrogens is 310 g/mol. The van der Waals surface area contributed by atoms with Crippen LogP contribution in [0.5, 0.6) is 0 Å². The molecule has 0 aromatic carbocycles. The second-order valence-electron chi connectivity index (χ2n) is 7.32. The van der Waals surface area contributed by atoms with Crippen molar-refractivity contribution in [2.24, 2.45) is 0 Å². The summed E-state index contributed by atoms with van der Waals surface area (Å²) in [6.07, 6.45) is 1.63. The number of amides is 1. The number of pyridine rings is 1. The molecule has 3 heterocycles. The lowest BCUT2D eigenvalue weighted by Crippen LogP contribution is -2.46. The first-order valence-corrected chi connectivity index (χ1v) is 8.33. The predicted octanol–water partition coefficient (Wildman–Crippen LogP) is 2.29. The van der Waals surface area contributed by atoms with Crippen LogP contribution in [-0.4, -0.2) is 47.1 Å². The summed E-state index contributed by atoms with van der Waals surface area (Å²) in [5.74, 6) is 0.386. The summed E-state index contributed by atoms with van der Waals surface area (Å²) in [4.78, 5) is 18.6.